The number of halogens is 1. The van der Waals surface area contributed by atoms with Crippen LogP contribution < -0.4 is 5.32 Å². The third-order valence-electron chi connectivity index (χ3n) is 3.49. The Labute approximate surface area is 108 Å². The molecule has 2 aliphatic rings. The van der Waals surface area contributed by atoms with Crippen LogP contribution in [-0.4, -0.2) is 28.7 Å². The van der Waals surface area contributed by atoms with Gasteiger partial charge in [-0.2, -0.15) is 0 Å². The summed E-state index contributed by atoms with van der Waals surface area (Å²) in [6.07, 6.45) is 0.526. The number of imide groups is 1. The van der Waals surface area contributed by atoms with E-state index in [1.807, 2.05) is 0 Å². The van der Waals surface area contributed by atoms with Crippen molar-refractivity contribution < 1.29 is 18.8 Å². The van der Waals surface area contributed by atoms with Gasteiger partial charge in [-0.15, -0.1) is 0 Å². The number of amides is 3. The van der Waals surface area contributed by atoms with Gasteiger partial charge in [-0.05, 0) is 24.1 Å². The quantitative estimate of drug-likeness (QED) is 0.753. The van der Waals surface area contributed by atoms with Crippen molar-refractivity contribution in [2.45, 2.75) is 25.4 Å². The zero-order valence-electron chi connectivity index (χ0n) is 9.98. The highest BCUT2D eigenvalue weighted by atomic mass is 19.1. The average Bonchev–Trinajstić information content (AvgIpc) is 2.67. The monoisotopic (exact) mass is 262 g/mol. The normalized spacial score (nSPS) is 22.5. The lowest BCUT2D eigenvalue weighted by atomic mass is 10.0. The van der Waals surface area contributed by atoms with Crippen molar-refractivity contribution >= 4 is 17.7 Å². The van der Waals surface area contributed by atoms with Gasteiger partial charge in [0.05, 0.1) is 0 Å². The van der Waals surface area contributed by atoms with Gasteiger partial charge >= 0.3 is 0 Å². The Bertz CT molecular complexity index is 600. The maximum absolute atomic E-state index is 13.1. The molecule has 1 aromatic rings. The predicted molar refractivity (Wildman–Crippen MR) is 62.4 cm³/mol. The Hall–Kier alpha value is -2.24. The molecule has 0 aliphatic carbocycles. The first kappa shape index (κ1) is 11.8. The average molecular weight is 262 g/mol. The Morgan fingerprint density at radius 1 is 1.26 bits per heavy atom. The van der Waals surface area contributed by atoms with E-state index in [-0.39, 0.29) is 24.8 Å². The van der Waals surface area contributed by atoms with E-state index in [0.29, 0.717) is 17.5 Å². The Morgan fingerprint density at radius 2 is 2.05 bits per heavy atom. The number of benzene rings is 1. The van der Waals surface area contributed by atoms with Crippen LogP contribution in [0, 0.1) is 5.82 Å². The lowest BCUT2D eigenvalue weighted by molar-refractivity contribution is -0.136. The molecule has 3 amide bonds. The maximum Gasteiger partial charge on any atom is 0.255 e. The molecular weight excluding hydrogens is 251 g/mol. The molecule has 0 aromatic heterocycles. The summed E-state index contributed by atoms with van der Waals surface area (Å²) in [5.41, 5.74) is 1.00. The Kier molecular flexibility index (Phi) is 2.58. The molecule has 1 N–H and O–H groups in total. The summed E-state index contributed by atoms with van der Waals surface area (Å²) in [4.78, 5) is 36.4. The van der Waals surface area contributed by atoms with Crippen LogP contribution in [0.15, 0.2) is 18.2 Å². The van der Waals surface area contributed by atoms with E-state index in [4.69, 9.17) is 0 Å². The van der Waals surface area contributed by atoms with Crippen LogP contribution in [0.3, 0.4) is 0 Å². The number of nitrogens with one attached hydrogen (secondary N) is 1. The summed E-state index contributed by atoms with van der Waals surface area (Å²) < 4.78 is 13.1. The van der Waals surface area contributed by atoms with Gasteiger partial charge in [0.15, 0.2) is 0 Å². The van der Waals surface area contributed by atoms with Crippen LogP contribution in [0.25, 0.3) is 0 Å². The van der Waals surface area contributed by atoms with Crippen molar-refractivity contribution in [3.8, 4) is 0 Å². The molecule has 2 heterocycles. The van der Waals surface area contributed by atoms with Gasteiger partial charge in [0, 0.05) is 18.5 Å². The van der Waals surface area contributed by atoms with Gasteiger partial charge in [-0.1, -0.05) is 6.07 Å². The van der Waals surface area contributed by atoms with E-state index in [1.54, 1.807) is 6.07 Å². The topological polar surface area (TPSA) is 66.5 Å². The van der Waals surface area contributed by atoms with Crippen molar-refractivity contribution in [3.63, 3.8) is 0 Å². The number of hydrogen-bond acceptors (Lipinski definition) is 3. The maximum atomic E-state index is 13.1. The van der Waals surface area contributed by atoms with Crippen molar-refractivity contribution in [1.82, 2.24) is 10.2 Å². The summed E-state index contributed by atoms with van der Waals surface area (Å²) in [5, 5.41) is 2.22. The summed E-state index contributed by atoms with van der Waals surface area (Å²) in [5.74, 6) is -1.62. The second-order valence-electron chi connectivity index (χ2n) is 4.70. The molecule has 3 rings (SSSR count). The van der Waals surface area contributed by atoms with E-state index >= 15 is 0 Å². The zero-order chi connectivity index (χ0) is 13.6. The van der Waals surface area contributed by atoms with Gasteiger partial charge < -0.3 is 4.90 Å². The van der Waals surface area contributed by atoms with E-state index in [9.17, 15) is 18.8 Å². The van der Waals surface area contributed by atoms with E-state index in [2.05, 4.69) is 5.32 Å². The molecule has 0 unspecified atom stereocenters. The van der Waals surface area contributed by atoms with Crippen LogP contribution in [0.2, 0.25) is 0 Å². The van der Waals surface area contributed by atoms with Gasteiger partial charge in [-0.25, -0.2) is 4.39 Å². The van der Waals surface area contributed by atoms with Crippen LogP contribution in [0.1, 0.15) is 28.8 Å². The van der Waals surface area contributed by atoms with E-state index < -0.39 is 17.8 Å². The number of fused-ring (bicyclic) bond motifs is 1. The number of rotatable bonds is 1. The van der Waals surface area contributed by atoms with Gasteiger partial charge in [0.1, 0.15) is 11.9 Å². The van der Waals surface area contributed by atoms with Crippen molar-refractivity contribution in [2.24, 2.45) is 0 Å². The minimum Gasteiger partial charge on any atom is -0.322 e. The molecule has 1 atom stereocenters. The number of nitrogens with zero attached hydrogens (tertiary/aromatic N) is 1. The SMILES string of the molecule is O=C1CC[C@H](N2Cc3ccc(F)cc3C2=O)C(=O)N1. The largest absolute Gasteiger partial charge is 0.322 e. The van der Waals surface area contributed by atoms with Gasteiger partial charge in [0.2, 0.25) is 11.8 Å². The summed E-state index contributed by atoms with van der Waals surface area (Å²) >= 11 is 0. The minimum absolute atomic E-state index is 0.213. The van der Waals surface area contributed by atoms with E-state index in [1.165, 1.54) is 17.0 Å². The second kappa shape index (κ2) is 4.15. The molecular formula is C13H11FN2O3. The minimum atomic E-state index is -0.652. The van der Waals surface area contributed by atoms with Gasteiger partial charge in [-0.3, -0.25) is 19.7 Å². The number of carbonyl (C=O) groups excluding carboxylic acids is 3. The number of hydrogen-bond donors (Lipinski definition) is 1. The molecule has 1 fully saturated rings. The fourth-order valence-corrected chi connectivity index (χ4v) is 2.53. The smallest absolute Gasteiger partial charge is 0.255 e. The molecule has 0 radical (unpaired) electrons. The molecule has 98 valence electrons. The summed E-state index contributed by atoms with van der Waals surface area (Å²) in [7, 11) is 0. The molecule has 2 aliphatic heterocycles. The lowest BCUT2D eigenvalue weighted by Crippen LogP contribution is -2.52. The number of piperidine rings is 1. The highest BCUT2D eigenvalue weighted by Gasteiger charge is 2.39. The summed E-state index contributed by atoms with van der Waals surface area (Å²) in [6, 6.07) is 3.37. The molecule has 0 spiro atoms. The van der Waals surface area contributed by atoms with Crippen molar-refractivity contribution in [2.75, 3.05) is 0 Å². The standard InChI is InChI=1S/C13H11FN2O3/c14-8-2-1-7-6-16(13(19)9(7)5-8)10-3-4-11(17)15-12(10)18/h1-2,5,10H,3-4,6H2,(H,15,17,18)/t10-/m0/s1. The fourth-order valence-electron chi connectivity index (χ4n) is 2.53. The van der Waals surface area contributed by atoms with Crippen LogP contribution in [0.5, 0.6) is 0 Å². The molecule has 5 nitrogen and oxygen atoms in total. The second-order valence-corrected chi connectivity index (χ2v) is 4.70. The first-order valence-corrected chi connectivity index (χ1v) is 5.99. The fraction of sp³-hybridized carbons (Fsp3) is 0.308. The molecule has 19 heavy (non-hydrogen) atoms. The van der Waals surface area contributed by atoms with Crippen LogP contribution in [-0.2, 0) is 16.1 Å². The lowest BCUT2D eigenvalue weighted by Gasteiger charge is -2.29. The third kappa shape index (κ3) is 1.89. The Balaban J connectivity index is 1.88. The third-order valence-corrected chi connectivity index (χ3v) is 3.49. The highest BCUT2D eigenvalue weighted by molar-refractivity contribution is 6.05. The zero-order valence-corrected chi connectivity index (χ0v) is 9.98. The summed E-state index contributed by atoms with van der Waals surface area (Å²) in [6.45, 7) is 0.278. The van der Waals surface area contributed by atoms with Crippen molar-refractivity contribution in [3.05, 3.63) is 35.1 Å². The number of carbonyl (C=O) groups is 3. The van der Waals surface area contributed by atoms with Crippen LogP contribution in [0.4, 0.5) is 4.39 Å². The predicted octanol–water partition coefficient (Wildman–Crippen LogP) is 0.587. The van der Waals surface area contributed by atoms with Gasteiger partial charge in [0.25, 0.3) is 5.91 Å². The molecule has 0 bridgehead atoms. The molecule has 6 heteroatoms. The first-order chi connectivity index (χ1) is 9.06. The molecule has 0 saturated carbocycles. The molecule has 1 aromatic carbocycles. The highest BCUT2D eigenvalue weighted by Crippen LogP contribution is 2.27. The van der Waals surface area contributed by atoms with Crippen LogP contribution >= 0.6 is 0 Å². The van der Waals surface area contributed by atoms with E-state index in [0.717, 1.165) is 0 Å². The first-order valence-electron chi connectivity index (χ1n) is 5.99. The van der Waals surface area contributed by atoms with Crippen molar-refractivity contribution in [1.29, 1.82) is 0 Å². The molecule has 1 saturated heterocycles. The Morgan fingerprint density at radius 3 is 2.79 bits per heavy atom.